The van der Waals surface area contributed by atoms with E-state index < -0.39 is 0 Å². The number of nitrogen functional groups attached to an aromatic ring is 1. The molecule has 0 saturated heterocycles. The lowest BCUT2D eigenvalue weighted by Crippen LogP contribution is -2.36. The van der Waals surface area contributed by atoms with E-state index in [9.17, 15) is 4.79 Å². The monoisotopic (exact) mass is 400 g/mol. The molecule has 136 valence electrons. The number of anilines is 1. The minimum absolute atomic E-state index is 0. The van der Waals surface area contributed by atoms with Crippen LogP contribution in [0.3, 0.4) is 0 Å². The molecule has 3 nitrogen and oxygen atoms in total. The fourth-order valence-electron chi connectivity index (χ4n) is 2.44. The average Bonchev–Trinajstić information content (AvgIpc) is 2.54. The van der Waals surface area contributed by atoms with E-state index in [-0.39, 0.29) is 23.7 Å². The van der Waals surface area contributed by atoms with Crippen LogP contribution >= 0.6 is 35.6 Å². The van der Waals surface area contributed by atoms with Crippen LogP contribution in [0.1, 0.15) is 31.4 Å². The van der Waals surface area contributed by atoms with Crippen LogP contribution in [0.15, 0.2) is 42.5 Å². The summed E-state index contributed by atoms with van der Waals surface area (Å²) in [5, 5.41) is 4.04. The first-order valence-electron chi connectivity index (χ1n) is 7.85. The van der Waals surface area contributed by atoms with Gasteiger partial charge in [-0.05, 0) is 35.7 Å². The number of amides is 1. The number of nitrogens with one attached hydrogen (secondary N) is 1. The summed E-state index contributed by atoms with van der Waals surface area (Å²) in [5.41, 5.74) is 8.41. The Labute approximate surface area is 165 Å². The maximum atomic E-state index is 12.1. The molecule has 2 aromatic carbocycles. The number of benzene rings is 2. The number of hydrogen-bond donors (Lipinski definition) is 2. The zero-order valence-electron chi connectivity index (χ0n) is 14.3. The summed E-state index contributed by atoms with van der Waals surface area (Å²) in [6, 6.07) is 13.2. The second-order valence-corrected chi connectivity index (χ2v) is 7.30. The summed E-state index contributed by atoms with van der Waals surface area (Å²) in [4.78, 5) is 12.1. The largest absolute Gasteiger partial charge is 0.399 e. The van der Waals surface area contributed by atoms with Crippen LogP contribution in [0.25, 0.3) is 0 Å². The highest BCUT2D eigenvalue weighted by Gasteiger charge is 2.22. The Morgan fingerprint density at radius 2 is 1.80 bits per heavy atom. The van der Waals surface area contributed by atoms with Gasteiger partial charge in [0.2, 0.25) is 5.91 Å². The fraction of sp³-hybridized carbons (Fsp3) is 0.316. The van der Waals surface area contributed by atoms with Gasteiger partial charge in [-0.25, -0.2) is 0 Å². The maximum Gasteiger partial charge on any atom is 0.220 e. The van der Waals surface area contributed by atoms with Crippen LogP contribution in [0.5, 0.6) is 0 Å². The van der Waals surface area contributed by atoms with Gasteiger partial charge in [-0.2, -0.15) is 0 Å². The van der Waals surface area contributed by atoms with Gasteiger partial charge in [0.1, 0.15) is 0 Å². The molecule has 0 saturated carbocycles. The van der Waals surface area contributed by atoms with Crippen molar-refractivity contribution in [2.45, 2.75) is 32.1 Å². The second-order valence-electron chi connectivity index (χ2n) is 6.49. The molecule has 0 aliphatic rings. The van der Waals surface area contributed by atoms with Gasteiger partial charge in [0.15, 0.2) is 0 Å². The first kappa shape index (κ1) is 21.6. The number of hydrogen-bond acceptors (Lipinski definition) is 2. The fourth-order valence-corrected chi connectivity index (χ4v) is 2.74. The van der Waals surface area contributed by atoms with Crippen molar-refractivity contribution in [3.63, 3.8) is 0 Å². The third kappa shape index (κ3) is 6.10. The molecule has 25 heavy (non-hydrogen) atoms. The molecular formula is C19H23Cl3N2O. The number of nitrogens with two attached hydrogens (primary N) is 1. The van der Waals surface area contributed by atoms with Gasteiger partial charge >= 0.3 is 0 Å². The Morgan fingerprint density at radius 1 is 1.12 bits per heavy atom. The van der Waals surface area contributed by atoms with E-state index in [0.717, 1.165) is 16.8 Å². The molecule has 0 atom stereocenters. The highest BCUT2D eigenvalue weighted by atomic mass is 35.5. The van der Waals surface area contributed by atoms with Gasteiger partial charge in [0.05, 0.1) is 10.0 Å². The zero-order chi connectivity index (χ0) is 17.7. The Bertz CT molecular complexity index is 732. The van der Waals surface area contributed by atoms with Gasteiger partial charge in [-0.15, -0.1) is 12.4 Å². The van der Waals surface area contributed by atoms with Crippen LogP contribution in [0, 0.1) is 0 Å². The number of halogens is 3. The third-order valence-electron chi connectivity index (χ3n) is 4.11. The molecule has 0 aromatic heterocycles. The zero-order valence-corrected chi connectivity index (χ0v) is 16.6. The minimum Gasteiger partial charge on any atom is -0.399 e. The van der Waals surface area contributed by atoms with E-state index in [1.54, 1.807) is 6.07 Å². The van der Waals surface area contributed by atoms with Crippen molar-refractivity contribution in [2.24, 2.45) is 0 Å². The topological polar surface area (TPSA) is 55.1 Å². The number of aryl methyl sites for hydroxylation is 1. The minimum atomic E-state index is -0.240. The molecule has 0 aliphatic carbocycles. The van der Waals surface area contributed by atoms with Crippen LogP contribution in [-0.2, 0) is 16.6 Å². The average molecular weight is 402 g/mol. The lowest BCUT2D eigenvalue weighted by Gasteiger charge is -2.26. The molecule has 2 aromatic rings. The van der Waals surface area contributed by atoms with Crippen molar-refractivity contribution in [3.8, 4) is 0 Å². The lowest BCUT2D eigenvalue weighted by atomic mass is 9.84. The van der Waals surface area contributed by atoms with Crippen LogP contribution in [-0.4, -0.2) is 12.5 Å². The van der Waals surface area contributed by atoms with Crippen LogP contribution < -0.4 is 11.1 Å². The highest BCUT2D eigenvalue weighted by molar-refractivity contribution is 6.42. The SMILES string of the molecule is CC(C)(CNC(=O)CCc1ccccc1N)c1ccc(Cl)c(Cl)c1.Cl. The summed E-state index contributed by atoms with van der Waals surface area (Å²) < 4.78 is 0. The van der Waals surface area contributed by atoms with Gasteiger partial charge < -0.3 is 11.1 Å². The van der Waals surface area contributed by atoms with Gasteiger partial charge in [0, 0.05) is 24.1 Å². The molecule has 2 rings (SSSR count). The first-order valence-corrected chi connectivity index (χ1v) is 8.61. The van der Waals surface area contributed by atoms with Crippen molar-refractivity contribution in [1.29, 1.82) is 0 Å². The Morgan fingerprint density at radius 3 is 2.44 bits per heavy atom. The summed E-state index contributed by atoms with van der Waals surface area (Å²) in [5.74, 6) is 0.00592. The van der Waals surface area contributed by atoms with E-state index in [4.69, 9.17) is 28.9 Å². The molecule has 6 heteroatoms. The molecule has 1 amide bonds. The summed E-state index contributed by atoms with van der Waals surface area (Å²) >= 11 is 12.0. The molecule has 0 unspecified atom stereocenters. The van der Waals surface area contributed by atoms with Crippen LogP contribution in [0.2, 0.25) is 10.0 Å². The van der Waals surface area contributed by atoms with E-state index in [2.05, 4.69) is 19.2 Å². The first-order chi connectivity index (χ1) is 11.3. The Balaban J connectivity index is 0.00000312. The predicted molar refractivity (Wildman–Crippen MR) is 109 cm³/mol. The van der Waals surface area contributed by atoms with Crippen LogP contribution in [0.4, 0.5) is 5.69 Å². The molecule has 0 aliphatic heterocycles. The number of carbonyl (C=O) groups is 1. The summed E-state index contributed by atoms with van der Waals surface area (Å²) in [7, 11) is 0. The van der Waals surface area contributed by atoms with E-state index in [1.165, 1.54) is 0 Å². The van der Waals surface area contributed by atoms with E-state index >= 15 is 0 Å². The lowest BCUT2D eigenvalue weighted by molar-refractivity contribution is -0.121. The van der Waals surface area contributed by atoms with Crippen molar-refractivity contribution in [2.75, 3.05) is 12.3 Å². The normalized spacial score (nSPS) is 10.9. The molecule has 0 fully saturated rings. The number of para-hydroxylation sites is 1. The predicted octanol–water partition coefficient (Wildman–Crippen LogP) is 5.02. The van der Waals surface area contributed by atoms with Gasteiger partial charge in [0.25, 0.3) is 0 Å². The van der Waals surface area contributed by atoms with E-state index in [0.29, 0.717) is 29.4 Å². The molecule has 0 spiro atoms. The molecule has 0 radical (unpaired) electrons. The maximum absolute atomic E-state index is 12.1. The molecule has 3 N–H and O–H groups in total. The second kappa shape index (κ2) is 9.33. The number of carbonyl (C=O) groups excluding carboxylic acids is 1. The summed E-state index contributed by atoms with van der Waals surface area (Å²) in [6.45, 7) is 4.64. The van der Waals surface area contributed by atoms with Gasteiger partial charge in [-0.3, -0.25) is 4.79 Å². The summed E-state index contributed by atoms with van der Waals surface area (Å²) in [6.07, 6.45) is 1.04. The smallest absolute Gasteiger partial charge is 0.220 e. The van der Waals surface area contributed by atoms with Crippen molar-refractivity contribution in [3.05, 3.63) is 63.6 Å². The van der Waals surface area contributed by atoms with Crippen molar-refractivity contribution in [1.82, 2.24) is 5.32 Å². The van der Waals surface area contributed by atoms with Gasteiger partial charge in [-0.1, -0.05) is 61.3 Å². The Hall–Kier alpha value is -1.42. The third-order valence-corrected chi connectivity index (χ3v) is 4.84. The Kier molecular flexibility index (Phi) is 8.07. The standard InChI is InChI=1S/C19H22Cl2N2O.ClH/c1-19(2,14-8-9-15(20)16(21)11-14)12-23-18(24)10-7-13-5-3-4-6-17(13)22;/h3-6,8-9,11H,7,10,12,22H2,1-2H3,(H,23,24);1H. The molecular weight excluding hydrogens is 379 g/mol. The molecule has 0 heterocycles. The number of rotatable bonds is 6. The van der Waals surface area contributed by atoms with E-state index in [1.807, 2.05) is 36.4 Å². The van der Waals surface area contributed by atoms with Crippen molar-refractivity contribution < 1.29 is 4.79 Å². The quantitative estimate of drug-likeness (QED) is 0.667. The van der Waals surface area contributed by atoms with Crippen molar-refractivity contribution >= 4 is 47.2 Å². The molecule has 0 bridgehead atoms. The highest BCUT2D eigenvalue weighted by Crippen LogP contribution is 2.29.